The quantitative estimate of drug-likeness (QED) is 0.414. The first-order valence-electron chi connectivity index (χ1n) is 6.23. The molecule has 108 valence electrons. The minimum absolute atomic E-state index is 0.0117. The van der Waals surface area contributed by atoms with Crippen LogP contribution in [0.4, 0.5) is 11.4 Å². The van der Waals surface area contributed by atoms with E-state index in [1.54, 1.807) is 0 Å². The van der Waals surface area contributed by atoms with Gasteiger partial charge >= 0.3 is 0 Å². The second-order valence-corrected chi connectivity index (χ2v) is 4.54. The number of ether oxygens (including phenoxy) is 1. The van der Waals surface area contributed by atoms with E-state index in [0.29, 0.717) is 19.8 Å². The van der Waals surface area contributed by atoms with Crippen molar-refractivity contribution in [3.05, 3.63) is 33.9 Å². The highest BCUT2D eigenvalue weighted by Gasteiger charge is 2.22. The molecule has 1 aliphatic heterocycles. The van der Waals surface area contributed by atoms with Crippen molar-refractivity contribution in [2.24, 2.45) is 11.8 Å². The summed E-state index contributed by atoms with van der Waals surface area (Å²) in [5, 5.41) is 13.6. The van der Waals surface area contributed by atoms with Gasteiger partial charge in [-0.15, -0.1) is 0 Å². The van der Waals surface area contributed by atoms with E-state index in [9.17, 15) is 14.9 Å². The number of nitrogens with one attached hydrogen (secondary N) is 2. The molecule has 0 spiro atoms. The number of carbonyl (C=O) groups is 1. The molecule has 1 atom stereocenters. The summed E-state index contributed by atoms with van der Waals surface area (Å²) in [7, 11) is 0. The summed E-state index contributed by atoms with van der Waals surface area (Å²) in [6.45, 7) is 1.80. The Kier molecular flexibility index (Phi) is 4.49. The number of carbonyl (C=O) groups excluding carboxylic acids is 1. The van der Waals surface area contributed by atoms with Gasteiger partial charge in [-0.2, -0.15) is 0 Å². The van der Waals surface area contributed by atoms with Crippen molar-refractivity contribution in [3.8, 4) is 0 Å². The molecular weight excluding hydrogens is 264 g/mol. The number of hydrazine groups is 1. The normalized spacial score (nSPS) is 17.8. The van der Waals surface area contributed by atoms with Crippen LogP contribution in [0.25, 0.3) is 0 Å². The second-order valence-electron chi connectivity index (χ2n) is 4.54. The monoisotopic (exact) mass is 280 g/mol. The molecule has 0 bridgehead atoms. The van der Waals surface area contributed by atoms with Gasteiger partial charge in [0.15, 0.2) is 0 Å². The van der Waals surface area contributed by atoms with Crippen LogP contribution in [0.3, 0.4) is 0 Å². The highest BCUT2D eigenvalue weighted by atomic mass is 16.6. The van der Waals surface area contributed by atoms with Crippen LogP contribution in [-0.4, -0.2) is 30.6 Å². The molecule has 1 aromatic rings. The average Bonchev–Trinajstić information content (AvgIpc) is 2.97. The van der Waals surface area contributed by atoms with Crippen molar-refractivity contribution in [3.63, 3.8) is 0 Å². The minimum atomic E-state index is -0.587. The Labute approximate surface area is 115 Å². The topological polar surface area (TPSA) is 120 Å². The summed E-state index contributed by atoms with van der Waals surface area (Å²) in [6, 6.07) is 4.23. The van der Waals surface area contributed by atoms with Crippen molar-refractivity contribution in [1.29, 1.82) is 0 Å². The number of rotatable bonds is 5. The maximum atomic E-state index is 12.1. The van der Waals surface area contributed by atoms with Gasteiger partial charge in [-0.25, -0.2) is 0 Å². The number of nitro benzene ring substituents is 1. The number of nitrogens with zero attached hydrogens (tertiary/aromatic N) is 1. The summed E-state index contributed by atoms with van der Waals surface area (Å²) in [5.74, 6) is 5.18. The number of amides is 1. The van der Waals surface area contributed by atoms with Crippen molar-refractivity contribution >= 4 is 17.3 Å². The Morgan fingerprint density at radius 2 is 2.35 bits per heavy atom. The molecular formula is C12H16N4O4. The van der Waals surface area contributed by atoms with Crippen LogP contribution in [0.2, 0.25) is 0 Å². The van der Waals surface area contributed by atoms with Gasteiger partial charge in [0.1, 0.15) is 5.69 Å². The lowest BCUT2D eigenvalue weighted by Gasteiger charge is -2.12. The van der Waals surface area contributed by atoms with Gasteiger partial charge in [0.25, 0.3) is 11.6 Å². The molecule has 1 unspecified atom stereocenters. The van der Waals surface area contributed by atoms with Gasteiger partial charge < -0.3 is 15.5 Å². The van der Waals surface area contributed by atoms with Gasteiger partial charge in [0.2, 0.25) is 0 Å². The molecule has 0 aromatic heterocycles. The number of hydrogen-bond donors (Lipinski definition) is 3. The Bertz CT molecular complexity index is 514. The number of nitrogen functional groups attached to an aromatic ring is 1. The summed E-state index contributed by atoms with van der Waals surface area (Å²) >= 11 is 0. The maximum Gasteiger partial charge on any atom is 0.294 e. The average molecular weight is 280 g/mol. The van der Waals surface area contributed by atoms with Crippen LogP contribution in [-0.2, 0) is 4.74 Å². The molecule has 1 amide bonds. The van der Waals surface area contributed by atoms with Gasteiger partial charge in [-0.05, 0) is 12.5 Å². The largest absolute Gasteiger partial charge is 0.381 e. The molecule has 0 aliphatic carbocycles. The van der Waals surface area contributed by atoms with Crippen LogP contribution in [0, 0.1) is 16.0 Å². The van der Waals surface area contributed by atoms with Crippen molar-refractivity contribution < 1.29 is 14.5 Å². The maximum absolute atomic E-state index is 12.1. The predicted octanol–water partition coefficient (Wildman–Crippen LogP) is 0.647. The van der Waals surface area contributed by atoms with E-state index >= 15 is 0 Å². The molecule has 20 heavy (non-hydrogen) atoms. The molecule has 1 fully saturated rings. The third kappa shape index (κ3) is 3.03. The zero-order valence-corrected chi connectivity index (χ0v) is 10.8. The van der Waals surface area contributed by atoms with Crippen LogP contribution >= 0.6 is 0 Å². The summed E-state index contributed by atoms with van der Waals surface area (Å²) in [4.78, 5) is 22.4. The number of anilines is 1. The number of nitro groups is 1. The molecule has 0 radical (unpaired) electrons. The van der Waals surface area contributed by atoms with Crippen LogP contribution in [0.1, 0.15) is 16.8 Å². The fourth-order valence-electron chi connectivity index (χ4n) is 2.11. The number of nitrogens with two attached hydrogens (primary N) is 1. The SMILES string of the molecule is NNc1c(C(=O)NCC2CCOC2)cccc1[N+](=O)[O-]. The zero-order chi connectivity index (χ0) is 14.5. The predicted molar refractivity (Wildman–Crippen MR) is 72.2 cm³/mol. The summed E-state index contributed by atoms with van der Waals surface area (Å²) in [5.41, 5.74) is 2.16. The van der Waals surface area contributed by atoms with Crippen LogP contribution < -0.4 is 16.6 Å². The first-order valence-corrected chi connectivity index (χ1v) is 6.23. The molecule has 1 aromatic carbocycles. The molecule has 0 saturated carbocycles. The Balaban J connectivity index is 2.12. The Morgan fingerprint density at radius 1 is 1.55 bits per heavy atom. The molecule has 1 heterocycles. The minimum Gasteiger partial charge on any atom is -0.381 e. The lowest BCUT2D eigenvalue weighted by molar-refractivity contribution is -0.384. The van der Waals surface area contributed by atoms with Gasteiger partial charge in [-0.1, -0.05) is 6.07 Å². The molecule has 8 heteroatoms. The van der Waals surface area contributed by atoms with E-state index in [0.717, 1.165) is 6.42 Å². The summed E-state index contributed by atoms with van der Waals surface area (Å²) < 4.78 is 5.22. The van der Waals surface area contributed by atoms with E-state index in [1.165, 1.54) is 18.2 Å². The van der Waals surface area contributed by atoms with E-state index in [1.807, 2.05) is 0 Å². The molecule has 4 N–H and O–H groups in total. The summed E-state index contributed by atoms with van der Waals surface area (Å²) in [6.07, 6.45) is 0.900. The number of para-hydroxylation sites is 1. The lowest BCUT2D eigenvalue weighted by Crippen LogP contribution is -2.30. The van der Waals surface area contributed by atoms with Gasteiger partial charge in [0.05, 0.1) is 17.1 Å². The van der Waals surface area contributed by atoms with E-state index in [4.69, 9.17) is 10.6 Å². The molecule has 1 aliphatic rings. The second kappa shape index (κ2) is 6.31. The third-order valence-electron chi connectivity index (χ3n) is 3.20. The lowest BCUT2D eigenvalue weighted by atomic mass is 10.1. The van der Waals surface area contributed by atoms with Crippen molar-refractivity contribution in [2.75, 3.05) is 25.2 Å². The Hall–Kier alpha value is -2.19. The number of hydrogen-bond acceptors (Lipinski definition) is 6. The highest BCUT2D eigenvalue weighted by Crippen LogP contribution is 2.27. The number of benzene rings is 1. The van der Waals surface area contributed by atoms with Crippen LogP contribution in [0.5, 0.6) is 0 Å². The first-order chi connectivity index (χ1) is 9.63. The van der Waals surface area contributed by atoms with E-state index in [-0.39, 0.29) is 22.9 Å². The standard InChI is InChI=1S/C12H16N4O4/c13-15-11-9(2-1-3-10(11)16(18)19)12(17)14-6-8-4-5-20-7-8/h1-3,8,15H,4-7,13H2,(H,14,17). The zero-order valence-electron chi connectivity index (χ0n) is 10.8. The van der Waals surface area contributed by atoms with Crippen molar-refractivity contribution in [2.45, 2.75) is 6.42 Å². The third-order valence-corrected chi connectivity index (χ3v) is 3.20. The van der Waals surface area contributed by atoms with Crippen LogP contribution in [0.15, 0.2) is 18.2 Å². The van der Waals surface area contributed by atoms with Gasteiger partial charge in [-0.3, -0.25) is 20.8 Å². The fourth-order valence-corrected chi connectivity index (χ4v) is 2.11. The molecule has 2 rings (SSSR count). The smallest absolute Gasteiger partial charge is 0.294 e. The molecule has 8 nitrogen and oxygen atoms in total. The fraction of sp³-hybridized carbons (Fsp3) is 0.417. The molecule has 1 saturated heterocycles. The Morgan fingerprint density at radius 3 is 2.95 bits per heavy atom. The first kappa shape index (κ1) is 14.2. The van der Waals surface area contributed by atoms with Gasteiger partial charge in [0, 0.05) is 25.1 Å². The van der Waals surface area contributed by atoms with E-state index < -0.39 is 10.8 Å². The van der Waals surface area contributed by atoms with Crippen molar-refractivity contribution in [1.82, 2.24) is 5.32 Å². The van der Waals surface area contributed by atoms with E-state index in [2.05, 4.69) is 10.7 Å². The highest BCUT2D eigenvalue weighted by molar-refractivity contribution is 6.01.